The number of thiophene rings is 1. The molecule has 2 N–H and O–H groups in total. The van der Waals surface area contributed by atoms with Gasteiger partial charge in [0.05, 0.1) is 12.2 Å². The molecule has 5 rings (SSSR count). The van der Waals surface area contributed by atoms with Crippen LogP contribution in [-0.2, 0) is 14.0 Å². The van der Waals surface area contributed by atoms with Crippen LogP contribution in [0.4, 0.5) is 0 Å². The lowest BCUT2D eigenvalue weighted by atomic mass is 9.90. The van der Waals surface area contributed by atoms with E-state index in [1.165, 1.54) is 15.1 Å². The van der Waals surface area contributed by atoms with Crippen LogP contribution in [0.5, 0.6) is 0 Å². The molecule has 1 heterocycles. The van der Waals surface area contributed by atoms with Gasteiger partial charge in [-0.15, -0.1) is 11.3 Å². The van der Waals surface area contributed by atoms with Crippen LogP contribution in [0.25, 0.3) is 10.1 Å². The van der Waals surface area contributed by atoms with Gasteiger partial charge in [0.1, 0.15) is 5.78 Å². The van der Waals surface area contributed by atoms with E-state index in [1.807, 2.05) is 36.4 Å². The predicted molar refractivity (Wildman–Crippen MR) is 190 cm³/mol. The quantitative estimate of drug-likeness (QED) is 0.0874. The minimum absolute atomic E-state index is 0.0357. The van der Waals surface area contributed by atoms with Crippen molar-refractivity contribution in [1.29, 1.82) is 0 Å². The molecule has 1 aliphatic rings. The highest BCUT2D eigenvalue weighted by Crippen LogP contribution is 2.43. The van der Waals surface area contributed by atoms with Gasteiger partial charge in [0.15, 0.2) is 0 Å². The molecule has 0 saturated heterocycles. The van der Waals surface area contributed by atoms with Crippen LogP contribution in [0.1, 0.15) is 63.9 Å². The van der Waals surface area contributed by atoms with E-state index in [4.69, 9.17) is 9.53 Å². The third-order valence-electron chi connectivity index (χ3n) is 9.01. The third-order valence-corrected chi connectivity index (χ3v) is 15.2. The van der Waals surface area contributed by atoms with Crippen molar-refractivity contribution < 1.29 is 24.2 Å². The lowest BCUT2D eigenvalue weighted by molar-refractivity contribution is -0.137. The molecular weight excluding hydrogens is 609 g/mol. The summed E-state index contributed by atoms with van der Waals surface area (Å²) in [6, 6.07) is 31.7. The van der Waals surface area contributed by atoms with E-state index in [2.05, 4.69) is 99.6 Å². The smallest absolute Gasteiger partial charge is 0.303 e. The van der Waals surface area contributed by atoms with Crippen LogP contribution in [0, 0.1) is 11.8 Å². The van der Waals surface area contributed by atoms with Gasteiger partial charge in [0.25, 0.3) is 8.32 Å². The Labute approximate surface area is 277 Å². The van der Waals surface area contributed by atoms with E-state index in [-0.39, 0.29) is 29.6 Å². The van der Waals surface area contributed by atoms with Gasteiger partial charge in [-0.3, -0.25) is 9.59 Å². The summed E-state index contributed by atoms with van der Waals surface area (Å²) in [5, 5.41) is 23.1. The maximum atomic E-state index is 13.3. The van der Waals surface area contributed by atoms with E-state index >= 15 is 0 Å². The molecule has 1 unspecified atom stereocenters. The molecule has 0 spiro atoms. The van der Waals surface area contributed by atoms with Gasteiger partial charge >= 0.3 is 5.97 Å². The Morgan fingerprint density at radius 1 is 0.978 bits per heavy atom. The monoisotopic (exact) mass is 652 g/mol. The number of allylic oxidation sites excluding steroid dienone is 3. The van der Waals surface area contributed by atoms with Crippen LogP contribution in [-0.4, -0.2) is 36.4 Å². The second-order valence-corrected chi connectivity index (χ2v) is 18.6. The topological polar surface area (TPSA) is 83.8 Å². The average Bonchev–Trinajstić information content (AvgIpc) is 3.58. The first kappa shape index (κ1) is 33.7. The fourth-order valence-electron chi connectivity index (χ4n) is 6.70. The molecule has 46 heavy (non-hydrogen) atoms. The maximum Gasteiger partial charge on any atom is 0.303 e. The number of ketones is 1. The summed E-state index contributed by atoms with van der Waals surface area (Å²) in [5.74, 6) is -1.44. The van der Waals surface area contributed by atoms with Gasteiger partial charge in [-0.05, 0) is 52.2 Å². The predicted octanol–water partition coefficient (Wildman–Crippen LogP) is 7.84. The number of aliphatic carboxylic acids is 1. The first-order valence-corrected chi connectivity index (χ1v) is 18.9. The number of fused-ring (bicyclic) bond motifs is 1. The van der Waals surface area contributed by atoms with Crippen molar-refractivity contribution in [3.8, 4) is 0 Å². The summed E-state index contributed by atoms with van der Waals surface area (Å²) in [7, 11) is -2.94. The summed E-state index contributed by atoms with van der Waals surface area (Å²) in [4.78, 5) is 25.2. The number of Topliss-reactive ketones (excluding diaryl/α,β-unsaturated/α-hetero) is 1. The number of unbranched alkanes of at least 4 members (excludes halogenated alkanes) is 1. The molecule has 1 aromatic heterocycles. The Balaban J connectivity index is 1.54. The van der Waals surface area contributed by atoms with Crippen molar-refractivity contribution in [1.82, 2.24) is 0 Å². The van der Waals surface area contributed by atoms with Crippen molar-refractivity contribution in [2.45, 2.75) is 70.1 Å². The van der Waals surface area contributed by atoms with Gasteiger partial charge < -0.3 is 14.6 Å². The minimum atomic E-state index is -2.94. The molecule has 3 aromatic carbocycles. The zero-order chi connectivity index (χ0) is 32.7. The summed E-state index contributed by atoms with van der Waals surface area (Å²) in [6.07, 6.45) is 8.90. The molecule has 1 fully saturated rings. The number of carbonyl (C=O) groups is 2. The number of aliphatic hydroxyl groups excluding tert-OH is 1. The van der Waals surface area contributed by atoms with E-state index in [1.54, 1.807) is 11.3 Å². The summed E-state index contributed by atoms with van der Waals surface area (Å²) >= 11 is 1.71. The van der Waals surface area contributed by atoms with Gasteiger partial charge in [-0.2, -0.15) is 0 Å². The number of hydrogen-bond donors (Lipinski definition) is 2. The highest BCUT2D eigenvalue weighted by Gasteiger charge is 2.51. The molecule has 7 heteroatoms. The van der Waals surface area contributed by atoms with Gasteiger partial charge in [-0.25, -0.2) is 0 Å². The van der Waals surface area contributed by atoms with E-state index in [9.17, 15) is 14.7 Å². The minimum Gasteiger partial charge on any atom is -0.481 e. The van der Waals surface area contributed by atoms with Crippen LogP contribution in [0.15, 0.2) is 115 Å². The van der Waals surface area contributed by atoms with Crippen LogP contribution >= 0.6 is 11.3 Å². The van der Waals surface area contributed by atoms with E-state index in [0.717, 1.165) is 10.3 Å². The number of carbonyl (C=O) groups excluding carboxylic acids is 1. The largest absolute Gasteiger partial charge is 0.481 e. The van der Waals surface area contributed by atoms with Gasteiger partial charge in [0.2, 0.25) is 0 Å². The highest BCUT2D eigenvalue weighted by molar-refractivity contribution is 7.19. The Kier molecular flexibility index (Phi) is 10.9. The first-order valence-electron chi connectivity index (χ1n) is 16.1. The second-order valence-electron chi connectivity index (χ2n) is 13.2. The third kappa shape index (κ3) is 7.50. The molecule has 1 aliphatic carbocycles. The van der Waals surface area contributed by atoms with Gasteiger partial charge in [0, 0.05) is 34.3 Å². The van der Waals surface area contributed by atoms with Crippen LogP contribution in [0.2, 0.25) is 5.04 Å². The number of aliphatic hydroxyl groups is 1. The summed E-state index contributed by atoms with van der Waals surface area (Å²) in [6.45, 7) is 6.79. The first-order chi connectivity index (χ1) is 22.1. The fourth-order valence-corrected chi connectivity index (χ4v) is 12.5. The van der Waals surface area contributed by atoms with Crippen molar-refractivity contribution in [2.24, 2.45) is 11.8 Å². The Morgan fingerprint density at radius 3 is 2.22 bits per heavy atom. The number of rotatable bonds is 13. The Morgan fingerprint density at radius 2 is 1.61 bits per heavy atom. The molecule has 0 bridgehead atoms. The zero-order valence-electron chi connectivity index (χ0n) is 26.8. The van der Waals surface area contributed by atoms with Crippen molar-refractivity contribution >= 4 is 51.9 Å². The van der Waals surface area contributed by atoms with Crippen LogP contribution in [0.3, 0.4) is 0 Å². The maximum absolute atomic E-state index is 13.3. The molecular formula is C39H44O5SSi. The molecule has 0 radical (unpaired) electrons. The highest BCUT2D eigenvalue weighted by atomic mass is 32.1. The summed E-state index contributed by atoms with van der Waals surface area (Å²) < 4.78 is 8.80. The number of carboxylic acids is 1. The van der Waals surface area contributed by atoms with Crippen molar-refractivity contribution in [3.05, 3.63) is 120 Å². The fraction of sp³-hybridized carbons (Fsp3) is 0.333. The van der Waals surface area contributed by atoms with Crippen molar-refractivity contribution in [2.75, 3.05) is 0 Å². The zero-order valence-corrected chi connectivity index (χ0v) is 28.7. The lowest BCUT2D eigenvalue weighted by Gasteiger charge is -2.44. The normalized spacial score (nSPS) is 19.8. The molecule has 0 amide bonds. The Bertz CT molecular complexity index is 1600. The average molecular weight is 653 g/mol. The standard InChI is InChI=1S/C39H44O5SSi/c1-39(2,3)46(29-17-8-6-9-18-29,30-19-10-7-11-20-30)44-35(37-26-28-16-14-15-22-36(28)45-37)25-24-32-31(33(40)27-34(32)41)21-12-4-5-13-23-38(42)43/h4,6-12,14-20,22,24-26,31-33,35,40H,5,13,21,23,27H2,1-3H3,(H,42,43)/t31-,32-,33+,35?/m1/s1. The molecule has 4 aromatic rings. The van der Waals surface area contributed by atoms with Crippen LogP contribution < -0.4 is 10.4 Å². The van der Waals surface area contributed by atoms with E-state index < -0.39 is 32.4 Å². The number of benzene rings is 3. The molecule has 1 saturated carbocycles. The second kappa shape index (κ2) is 14.9. The molecule has 240 valence electrons. The van der Waals surface area contributed by atoms with Gasteiger partial charge in [-0.1, -0.05) is 124 Å². The van der Waals surface area contributed by atoms with Crippen molar-refractivity contribution in [3.63, 3.8) is 0 Å². The molecule has 5 nitrogen and oxygen atoms in total. The van der Waals surface area contributed by atoms with E-state index in [0.29, 0.717) is 19.3 Å². The summed E-state index contributed by atoms with van der Waals surface area (Å²) in [5.41, 5.74) is 0. The number of carboxylic acid groups (broad SMARTS) is 1. The molecule has 4 atom stereocenters. The molecule has 0 aliphatic heterocycles. The number of hydrogen-bond acceptors (Lipinski definition) is 5. The Hall–Kier alpha value is -3.62. The lowest BCUT2D eigenvalue weighted by Crippen LogP contribution is -2.66. The SMILES string of the molecule is CC(C)(C)[Si](OC(C=C[C@H]1C(=O)C[C@H](O)[C@@H]1CC=CCCCC(=O)O)c1cc2ccccc2s1)(c1ccccc1)c1ccccc1.